The standard InChI is InChI=1S/C19H22N2O3/c1-20(2)16-8-6-14(7-9-16)19(23)21-10-11-24-18(13-21)15-4-3-5-17(22)12-15/h3-9,12,18,22H,10-11,13H2,1-2H3/t18-/m1/s1. The van der Waals surface area contributed by atoms with Crippen LogP contribution >= 0.6 is 0 Å². The first-order valence-corrected chi connectivity index (χ1v) is 8.02. The molecule has 2 aromatic carbocycles. The van der Waals surface area contributed by atoms with E-state index in [1.807, 2.05) is 54.2 Å². The van der Waals surface area contributed by atoms with Crippen LogP contribution in [-0.4, -0.2) is 49.7 Å². The van der Waals surface area contributed by atoms with E-state index >= 15 is 0 Å². The highest BCUT2D eigenvalue weighted by molar-refractivity contribution is 5.94. The molecule has 3 rings (SSSR count). The number of ether oxygens (including phenoxy) is 1. The molecule has 1 aliphatic rings. The molecule has 0 aliphatic carbocycles. The van der Waals surface area contributed by atoms with Gasteiger partial charge in [0, 0.05) is 31.9 Å². The first-order chi connectivity index (χ1) is 11.5. The first kappa shape index (κ1) is 16.3. The van der Waals surface area contributed by atoms with Crippen molar-refractivity contribution in [1.82, 2.24) is 4.90 Å². The number of phenols is 1. The third-order valence-electron chi connectivity index (χ3n) is 4.23. The predicted molar refractivity (Wildman–Crippen MR) is 93.5 cm³/mol. The highest BCUT2D eigenvalue weighted by Crippen LogP contribution is 2.26. The van der Waals surface area contributed by atoms with Crippen molar-refractivity contribution in [2.24, 2.45) is 0 Å². The van der Waals surface area contributed by atoms with Crippen molar-refractivity contribution in [3.8, 4) is 5.75 Å². The van der Waals surface area contributed by atoms with Crippen LogP contribution in [0.25, 0.3) is 0 Å². The van der Waals surface area contributed by atoms with Gasteiger partial charge in [-0.1, -0.05) is 12.1 Å². The predicted octanol–water partition coefficient (Wildman–Crippen LogP) is 2.67. The summed E-state index contributed by atoms with van der Waals surface area (Å²) in [6.45, 7) is 1.54. The second kappa shape index (κ2) is 6.93. The molecule has 5 nitrogen and oxygen atoms in total. The minimum Gasteiger partial charge on any atom is -0.508 e. The molecule has 1 aliphatic heterocycles. The number of carbonyl (C=O) groups excluding carboxylic acids is 1. The van der Waals surface area contributed by atoms with E-state index in [-0.39, 0.29) is 17.8 Å². The van der Waals surface area contributed by atoms with Gasteiger partial charge >= 0.3 is 0 Å². The van der Waals surface area contributed by atoms with E-state index in [0.29, 0.717) is 25.3 Å². The van der Waals surface area contributed by atoms with Gasteiger partial charge in [0.1, 0.15) is 11.9 Å². The Labute approximate surface area is 142 Å². The summed E-state index contributed by atoms with van der Waals surface area (Å²) in [6, 6.07) is 14.6. The average molecular weight is 326 g/mol. The Balaban J connectivity index is 1.73. The number of amides is 1. The lowest BCUT2D eigenvalue weighted by Gasteiger charge is -2.33. The molecule has 1 amide bonds. The van der Waals surface area contributed by atoms with Crippen LogP contribution in [-0.2, 0) is 4.74 Å². The van der Waals surface area contributed by atoms with Crippen molar-refractivity contribution in [2.45, 2.75) is 6.10 Å². The summed E-state index contributed by atoms with van der Waals surface area (Å²) in [5, 5.41) is 9.63. The number of nitrogens with zero attached hydrogens (tertiary/aromatic N) is 2. The van der Waals surface area contributed by atoms with E-state index in [9.17, 15) is 9.90 Å². The largest absolute Gasteiger partial charge is 0.508 e. The Bertz CT molecular complexity index is 713. The van der Waals surface area contributed by atoms with Gasteiger partial charge in [-0.3, -0.25) is 4.79 Å². The second-order valence-electron chi connectivity index (χ2n) is 6.15. The third-order valence-corrected chi connectivity index (χ3v) is 4.23. The highest BCUT2D eigenvalue weighted by Gasteiger charge is 2.26. The van der Waals surface area contributed by atoms with Crippen LogP contribution in [0.2, 0.25) is 0 Å². The smallest absolute Gasteiger partial charge is 0.254 e. The molecule has 0 spiro atoms. The van der Waals surface area contributed by atoms with Gasteiger partial charge in [0.25, 0.3) is 5.91 Å². The molecule has 0 unspecified atom stereocenters. The molecule has 126 valence electrons. The lowest BCUT2D eigenvalue weighted by molar-refractivity contribution is -0.0228. The molecular weight excluding hydrogens is 304 g/mol. The highest BCUT2D eigenvalue weighted by atomic mass is 16.5. The minimum atomic E-state index is -0.212. The second-order valence-corrected chi connectivity index (χ2v) is 6.15. The lowest BCUT2D eigenvalue weighted by atomic mass is 10.1. The normalized spacial score (nSPS) is 17.6. The quantitative estimate of drug-likeness (QED) is 0.942. The summed E-state index contributed by atoms with van der Waals surface area (Å²) >= 11 is 0. The number of morpholine rings is 1. The molecule has 0 saturated carbocycles. The topological polar surface area (TPSA) is 53.0 Å². The van der Waals surface area contributed by atoms with Crippen molar-refractivity contribution in [3.05, 3.63) is 59.7 Å². The monoisotopic (exact) mass is 326 g/mol. The number of benzene rings is 2. The molecule has 1 heterocycles. The maximum absolute atomic E-state index is 12.7. The fraction of sp³-hybridized carbons (Fsp3) is 0.316. The lowest BCUT2D eigenvalue weighted by Crippen LogP contribution is -2.42. The number of anilines is 1. The van der Waals surface area contributed by atoms with Crippen molar-refractivity contribution in [2.75, 3.05) is 38.7 Å². The van der Waals surface area contributed by atoms with E-state index in [4.69, 9.17) is 4.74 Å². The molecule has 2 aromatic rings. The van der Waals surface area contributed by atoms with Crippen LogP contribution in [0.15, 0.2) is 48.5 Å². The molecule has 24 heavy (non-hydrogen) atoms. The Morgan fingerprint density at radius 2 is 1.96 bits per heavy atom. The van der Waals surface area contributed by atoms with Gasteiger partial charge < -0.3 is 19.6 Å². The summed E-state index contributed by atoms with van der Waals surface area (Å²) in [7, 11) is 3.94. The van der Waals surface area contributed by atoms with Crippen LogP contribution < -0.4 is 4.90 Å². The van der Waals surface area contributed by atoms with E-state index in [0.717, 1.165) is 11.3 Å². The van der Waals surface area contributed by atoms with Gasteiger partial charge in [0.05, 0.1) is 13.2 Å². The number of phenolic OH excluding ortho intramolecular Hbond substituents is 1. The van der Waals surface area contributed by atoms with Crippen LogP contribution in [0.3, 0.4) is 0 Å². The molecule has 0 radical (unpaired) electrons. The van der Waals surface area contributed by atoms with Crippen LogP contribution in [0.5, 0.6) is 5.75 Å². The van der Waals surface area contributed by atoms with Gasteiger partial charge in [-0.15, -0.1) is 0 Å². The number of aromatic hydroxyl groups is 1. The minimum absolute atomic E-state index is 0.00811. The maximum atomic E-state index is 12.7. The van der Waals surface area contributed by atoms with Crippen molar-refractivity contribution >= 4 is 11.6 Å². The van der Waals surface area contributed by atoms with Gasteiger partial charge in [0.15, 0.2) is 0 Å². The SMILES string of the molecule is CN(C)c1ccc(C(=O)N2CCO[C@@H](c3cccc(O)c3)C2)cc1. The van der Waals surface area contributed by atoms with Gasteiger partial charge in [-0.2, -0.15) is 0 Å². The van der Waals surface area contributed by atoms with Crippen LogP contribution in [0, 0.1) is 0 Å². The zero-order chi connectivity index (χ0) is 17.1. The third kappa shape index (κ3) is 3.51. The zero-order valence-corrected chi connectivity index (χ0v) is 14.0. The van der Waals surface area contributed by atoms with Crippen molar-refractivity contribution in [3.63, 3.8) is 0 Å². The number of rotatable bonds is 3. The zero-order valence-electron chi connectivity index (χ0n) is 14.0. The fourth-order valence-corrected chi connectivity index (χ4v) is 2.85. The van der Waals surface area contributed by atoms with E-state index < -0.39 is 0 Å². The van der Waals surface area contributed by atoms with Gasteiger partial charge in [-0.25, -0.2) is 0 Å². The molecule has 1 atom stereocenters. The first-order valence-electron chi connectivity index (χ1n) is 8.02. The molecule has 1 N–H and O–H groups in total. The molecule has 5 heteroatoms. The number of carbonyl (C=O) groups is 1. The summed E-state index contributed by atoms with van der Waals surface area (Å²) in [5.74, 6) is 0.215. The van der Waals surface area contributed by atoms with Crippen molar-refractivity contribution < 1.29 is 14.6 Å². The summed E-state index contributed by atoms with van der Waals surface area (Å²) in [6.07, 6.45) is -0.212. The molecule has 0 bridgehead atoms. The molecule has 1 saturated heterocycles. The Morgan fingerprint density at radius 1 is 1.21 bits per heavy atom. The Hall–Kier alpha value is -2.53. The fourth-order valence-electron chi connectivity index (χ4n) is 2.85. The van der Waals surface area contributed by atoms with Crippen molar-refractivity contribution in [1.29, 1.82) is 0 Å². The van der Waals surface area contributed by atoms with Gasteiger partial charge in [0.2, 0.25) is 0 Å². The van der Waals surface area contributed by atoms with E-state index in [1.54, 1.807) is 18.2 Å². The van der Waals surface area contributed by atoms with Crippen LogP contribution in [0.1, 0.15) is 22.0 Å². The maximum Gasteiger partial charge on any atom is 0.254 e. The van der Waals surface area contributed by atoms with Gasteiger partial charge in [-0.05, 0) is 42.0 Å². The molecule has 0 aromatic heterocycles. The Kier molecular flexibility index (Phi) is 4.71. The molecule has 1 fully saturated rings. The summed E-state index contributed by atoms with van der Waals surface area (Å²) in [4.78, 5) is 16.5. The summed E-state index contributed by atoms with van der Waals surface area (Å²) in [5.41, 5.74) is 2.62. The number of hydrogen-bond acceptors (Lipinski definition) is 4. The van der Waals surface area contributed by atoms with E-state index in [2.05, 4.69) is 0 Å². The average Bonchev–Trinajstić information content (AvgIpc) is 2.61. The van der Waals surface area contributed by atoms with E-state index in [1.165, 1.54) is 0 Å². The summed E-state index contributed by atoms with van der Waals surface area (Å²) < 4.78 is 5.77. The van der Waals surface area contributed by atoms with Crippen LogP contribution in [0.4, 0.5) is 5.69 Å². The number of hydrogen-bond donors (Lipinski definition) is 1. The molecular formula is C19H22N2O3. The Morgan fingerprint density at radius 3 is 2.62 bits per heavy atom.